The zero-order chi connectivity index (χ0) is 52.7. The fraction of sp³-hybridized carbons (Fsp3) is 0.317. The molecule has 0 radical (unpaired) electrons. The van der Waals surface area contributed by atoms with Crippen molar-refractivity contribution in [3.8, 4) is 23.0 Å². The maximum atomic E-state index is 13.1. The molecule has 2 N–H and O–H groups in total. The Morgan fingerprint density at radius 3 is 1.84 bits per heavy atom. The quantitative estimate of drug-likeness (QED) is 0.0444. The summed E-state index contributed by atoms with van der Waals surface area (Å²) in [5.41, 5.74) is 7.23. The highest BCUT2D eigenvalue weighted by Gasteiger charge is 2.40. The molecule has 5 aliphatic rings. The standard InChI is InChI=1S/C30H30N2O5.C15H15NO4.C9H10O.C6H8O/c1-31(25-8-2-3-10-27(25)34)17-20-12-14-21(15-13-20)19-37-29-11-5-7-23-24(29)18-32(30(23)36)26-9-4-6-22(33)16-28(26)35;17-9-3-1-5-12(14(19)7-9)16-8-11-10(15(16)20)4-2-6-13(11)18;1-2-6-9-8(4-1)5-3-7-10-9;1-3-6(4-2)5-7/h2-3,5,7-8,10-15,26,34H,4,6,9,16-19H2,1H3;2,4,6,12,18H,1,3,5,7-8H2;1-2,4,6H,3,5,7H2;3-5H,1H2,2H3/b;;;6-4+/t26-;12-;;/m00../s1. The van der Waals surface area contributed by atoms with Crippen molar-refractivity contribution in [2.45, 2.75) is 109 Å². The van der Waals surface area contributed by atoms with Crippen molar-refractivity contribution < 1.29 is 53.2 Å². The molecule has 5 aromatic carbocycles. The Balaban J connectivity index is 0.000000178. The van der Waals surface area contributed by atoms with E-state index in [1.165, 1.54) is 29.0 Å². The highest BCUT2D eigenvalue weighted by molar-refractivity contribution is 6.07. The predicted octanol–water partition coefficient (Wildman–Crippen LogP) is 9.40. The second-order valence-electron chi connectivity index (χ2n) is 18.8. The van der Waals surface area contributed by atoms with Gasteiger partial charge in [-0.25, -0.2) is 0 Å². The number of ether oxygens (including phenoxy) is 2. The van der Waals surface area contributed by atoms with Crippen molar-refractivity contribution in [1.29, 1.82) is 0 Å². The van der Waals surface area contributed by atoms with Gasteiger partial charge in [0, 0.05) is 54.3 Å². The summed E-state index contributed by atoms with van der Waals surface area (Å²) in [6.45, 7) is 7.63. The molecule has 0 aromatic heterocycles. The summed E-state index contributed by atoms with van der Waals surface area (Å²) >= 11 is 0. The van der Waals surface area contributed by atoms with Crippen molar-refractivity contribution in [3.05, 3.63) is 172 Å². The molecule has 5 aromatic rings. The van der Waals surface area contributed by atoms with Crippen molar-refractivity contribution >= 4 is 46.9 Å². The lowest BCUT2D eigenvalue weighted by Gasteiger charge is -2.25. The van der Waals surface area contributed by atoms with Crippen LogP contribution in [0.3, 0.4) is 0 Å². The van der Waals surface area contributed by atoms with Crippen LogP contribution < -0.4 is 14.4 Å². The van der Waals surface area contributed by atoms with Gasteiger partial charge >= 0.3 is 0 Å². The molecule has 2 saturated carbocycles. The molecule has 10 rings (SSSR count). The lowest BCUT2D eigenvalue weighted by atomic mass is 10.1. The molecule has 0 bridgehead atoms. The van der Waals surface area contributed by atoms with Crippen LogP contribution in [-0.2, 0) is 56.6 Å². The molecular weight excluding hydrogens is 939 g/mol. The van der Waals surface area contributed by atoms with Gasteiger partial charge in [-0.05, 0) is 105 Å². The average molecular weight is 1000 g/mol. The first-order chi connectivity index (χ1) is 35.8. The lowest BCUT2D eigenvalue weighted by molar-refractivity contribution is -0.130. The number of hydrogen-bond donors (Lipinski definition) is 2. The SMILES string of the molecule is C=C/C(C=O)=C\C.CN(Cc1ccc(COc2cccc3c2CN([C@H]2CCCC(=O)CC2=O)C3=O)cc1)c1ccccc1O.O=C1CCC[C@H](N2Cc3c(O)cccc3C2=O)C(=O)C1.c1ccc2c(c1)CCCO2. The Kier molecular flexibility index (Phi) is 18.5. The van der Waals surface area contributed by atoms with Gasteiger partial charge in [0.05, 0.1) is 50.3 Å². The number of aldehydes is 1. The number of hydrogen-bond acceptors (Lipinski definition) is 12. The highest BCUT2D eigenvalue weighted by Crippen LogP contribution is 2.36. The second-order valence-corrected chi connectivity index (χ2v) is 18.8. The number of ketones is 4. The first-order valence-corrected chi connectivity index (χ1v) is 25.1. The molecule has 3 heterocycles. The molecule has 0 saturated heterocycles. The smallest absolute Gasteiger partial charge is 0.255 e. The zero-order valence-corrected chi connectivity index (χ0v) is 42.0. The molecule has 2 aliphatic carbocycles. The number of carbonyl (C=O) groups excluding carboxylic acids is 7. The van der Waals surface area contributed by atoms with Gasteiger partial charge in [-0.15, -0.1) is 0 Å². The number of fused-ring (bicyclic) bond motifs is 3. The Morgan fingerprint density at radius 2 is 1.26 bits per heavy atom. The number of para-hydroxylation sites is 3. The van der Waals surface area contributed by atoms with Gasteiger partial charge in [-0.3, -0.25) is 33.6 Å². The Bertz CT molecular complexity index is 2890. The van der Waals surface area contributed by atoms with Crippen LogP contribution in [0.2, 0.25) is 0 Å². The fourth-order valence-electron chi connectivity index (χ4n) is 9.65. The normalized spacial score (nSPS) is 18.1. The van der Waals surface area contributed by atoms with E-state index in [-0.39, 0.29) is 65.8 Å². The summed E-state index contributed by atoms with van der Waals surface area (Å²) in [6.07, 6.45) is 9.25. The number of allylic oxidation sites excluding steroid dienone is 3. The summed E-state index contributed by atoms with van der Waals surface area (Å²) in [4.78, 5) is 88.4. The first kappa shape index (κ1) is 53.7. The zero-order valence-electron chi connectivity index (χ0n) is 42.0. The third-order valence-electron chi connectivity index (χ3n) is 13.7. The molecule has 2 fully saturated rings. The number of phenolic OH excluding ortho intramolecular Hbond substituents is 2. The van der Waals surface area contributed by atoms with E-state index in [1.54, 1.807) is 54.3 Å². The number of benzene rings is 5. The minimum Gasteiger partial charge on any atom is -0.508 e. The van der Waals surface area contributed by atoms with Gasteiger partial charge in [0.1, 0.15) is 47.5 Å². The molecule has 0 unspecified atom stereocenters. The van der Waals surface area contributed by atoms with Crippen molar-refractivity contribution in [3.63, 3.8) is 0 Å². The Hall–Kier alpha value is -8.13. The molecule has 384 valence electrons. The maximum absolute atomic E-state index is 13.1. The van der Waals surface area contributed by atoms with Crippen LogP contribution in [0.15, 0.2) is 133 Å². The van der Waals surface area contributed by atoms with Gasteiger partial charge in [0.2, 0.25) is 0 Å². The summed E-state index contributed by atoms with van der Waals surface area (Å²) in [7, 11) is 1.94. The largest absolute Gasteiger partial charge is 0.508 e. The van der Waals surface area contributed by atoms with E-state index in [1.807, 2.05) is 66.5 Å². The van der Waals surface area contributed by atoms with Crippen LogP contribution in [0.4, 0.5) is 5.69 Å². The molecule has 0 spiro atoms. The number of amides is 2. The maximum Gasteiger partial charge on any atom is 0.255 e. The minimum atomic E-state index is -0.553. The van der Waals surface area contributed by atoms with E-state index in [2.05, 4.69) is 18.7 Å². The van der Waals surface area contributed by atoms with Gasteiger partial charge < -0.3 is 34.4 Å². The summed E-state index contributed by atoms with van der Waals surface area (Å²) in [5, 5.41) is 19.9. The van der Waals surface area contributed by atoms with Gasteiger partial charge in [0.15, 0.2) is 11.6 Å². The van der Waals surface area contributed by atoms with Crippen LogP contribution in [0.25, 0.3) is 0 Å². The van der Waals surface area contributed by atoms with Crippen LogP contribution in [0.1, 0.15) is 113 Å². The molecule has 14 heteroatoms. The van der Waals surface area contributed by atoms with Crippen LogP contribution in [0, 0.1) is 0 Å². The van der Waals surface area contributed by atoms with Gasteiger partial charge in [-0.2, -0.15) is 0 Å². The van der Waals surface area contributed by atoms with E-state index < -0.39 is 12.1 Å². The minimum absolute atomic E-state index is 0.0449. The highest BCUT2D eigenvalue weighted by atomic mass is 16.5. The Morgan fingerprint density at radius 1 is 0.689 bits per heavy atom. The van der Waals surface area contributed by atoms with Crippen LogP contribution in [0.5, 0.6) is 23.0 Å². The van der Waals surface area contributed by atoms with E-state index in [0.717, 1.165) is 47.4 Å². The van der Waals surface area contributed by atoms with Gasteiger partial charge in [-0.1, -0.05) is 85.5 Å². The predicted molar refractivity (Wildman–Crippen MR) is 280 cm³/mol. The number of anilines is 1. The monoisotopic (exact) mass is 1000 g/mol. The molecule has 3 aliphatic heterocycles. The fourth-order valence-corrected chi connectivity index (χ4v) is 9.65. The van der Waals surface area contributed by atoms with Crippen LogP contribution >= 0.6 is 0 Å². The molecule has 2 atom stereocenters. The molecule has 2 amide bonds. The summed E-state index contributed by atoms with van der Waals surface area (Å²) < 4.78 is 11.6. The van der Waals surface area contributed by atoms with Crippen molar-refractivity contribution in [1.82, 2.24) is 9.80 Å². The third-order valence-corrected chi connectivity index (χ3v) is 13.7. The molecule has 74 heavy (non-hydrogen) atoms. The number of carbonyl (C=O) groups is 7. The number of aryl methyl sites for hydroxylation is 1. The van der Waals surface area contributed by atoms with Crippen LogP contribution in [-0.4, -0.2) is 87.0 Å². The van der Waals surface area contributed by atoms with Gasteiger partial charge in [0.25, 0.3) is 11.8 Å². The molecular formula is C60H63N3O11. The van der Waals surface area contributed by atoms with E-state index in [0.29, 0.717) is 86.2 Å². The first-order valence-electron chi connectivity index (χ1n) is 25.1. The average Bonchev–Trinajstić information content (AvgIpc) is 3.79. The van der Waals surface area contributed by atoms with Crippen molar-refractivity contribution in [2.24, 2.45) is 0 Å². The topological polar surface area (TPSA) is 188 Å². The Labute approximate surface area is 431 Å². The number of nitrogens with zero attached hydrogens (tertiary/aromatic N) is 3. The summed E-state index contributed by atoms with van der Waals surface area (Å²) in [6, 6.07) is 32.7. The van der Waals surface area contributed by atoms with E-state index in [4.69, 9.17) is 9.47 Å². The third kappa shape index (κ3) is 13.3. The number of rotatable bonds is 10. The molecule has 14 nitrogen and oxygen atoms in total. The van der Waals surface area contributed by atoms with Crippen molar-refractivity contribution in [2.75, 3.05) is 18.6 Å². The number of phenols is 2. The summed E-state index contributed by atoms with van der Waals surface area (Å²) in [5.74, 6) is 1.18. The van der Waals surface area contributed by atoms with E-state index in [9.17, 15) is 43.8 Å². The lowest BCUT2D eigenvalue weighted by Crippen LogP contribution is -2.41. The number of aromatic hydroxyl groups is 2. The van der Waals surface area contributed by atoms with E-state index >= 15 is 0 Å². The second kappa shape index (κ2) is 25.5. The number of Topliss-reactive ketones (excluding diaryl/α,β-unsaturated/α-hetero) is 4.